The van der Waals surface area contributed by atoms with Gasteiger partial charge in [0.2, 0.25) is 11.8 Å². The summed E-state index contributed by atoms with van der Waals surface area (Å²) in [5.41, 5.74) is 1.54. The second-order valence-corrected chi connectivity index (χ2v) is 11.3. The van der Waals surface area contributed by atoms with E-state index in [9.17, 15) is 18.0 Å². The zero-order chi connectivity index (χ0) is 25.2. The van der Waals surface area contributed by atoms with E-state index < -0.39 is 16.1 Å². The van der Waals surface area contributed by atoms with Crippen molar-refractivity contribution < 1.29 is 18.0 Å². The quantitative estimate of drug-likeness (QED) is 0.421. The van der Waals surface area contributed by atoms with Gasteiger partial charge in [-0.3, -0.25) is 13.9 Å². The number of amides is 2. The van der Waals surface area contributed by atoms with Crippen molar-refractivity contribution in [3.63, 3.8) is 0 Å². The number of nitrogens with zero attached hydrogens (tertiary/aromatic N) is 2. The minimum absolute atomic E-state index is 0.121. The molecule has 35 heavy (non-hydrogen) atoms. The van der Waals surface area contributed by atoms with Gasteiger partial charge in [0.1, 0.15) is 6.04 Å². The summed E-state index contributed by atoms with van der Waals surface area (Å²) in [5.74, 6) is -0.420. The van der Waals surface area contributed by atoms with Gasteiger partial charge in [-0.1, -0.05) is 52.3 Å². The number of carbonyl (C=O) groups excluding carboxylic acids is 2. The van der Waals surface area contributed by atoms with Gasteiger partial charge in [0, 0.05) is 35.9 Å². The smallest absolute Gasteiger partial charge is 0.265 e. The molecule has 3 aromatic rings. The molecule has 0 aromatic heterocycles. The molecule has 0 radical (unpaired) electrons. The van der Waals surface area contributed by atoms with Gasteiger partial charge >= 0.3 is 0 Å². The first-order valence-electron chi connectivity index (χ1n) is 11.6. The Morgan fingerprint density at radius 1 is 1.09 bits per heavy atom. The van der Waals surface area contributed by atoms with E-state index in [0.29, 0.717) is 23.5 Å². The van der Waals surface area contributed by atoms with Crippen LogP contribution >= 0.6 is 15.9 Å². The molecule has 0 aliphatic carbocycles. The predicted molar refractivity (Wildman–Crippen MR) is 141 cm³/mol. The Bertz CT molecular complexity index is 1370. The Morgan fingerprint density at radius 3 is 2.51 bits per heavy atom. The minimum atomic E-state index is -3.67. The maximum absolute atomic E-state index is 13.3. The van der Waals surface area contributed by atoms with Crippen molar-refractivity contribution in [2.24, 2.45) is 0 Å². The van der Waals surface area contributed by atoms with Crippen LogP contribution in [0.2, 0.25) is 0 Å². The lowest BCUT2D eigenvalue weighted by Crippen LogP contribution is -2.47. The molecule has 3 aromatic carbocycles. The fourth-order valence-corrected chi connectivity index (χ4v) is 6.65. The maximum atomic E-state index is 13.3. The highest BCUT2D eigenvalue weighted by Crippen LogP contribution is 2.42. The first-order valence-corrected chi connectivity index (χ1v) is 13.8. The standard InChI is InChI=1S/C26H28BrN3O4S/c1-3-28-26(32)18(2)29(17-19-8-4-11-21(27)16-19)24(31)14-7-15-30-22-12-5-9-20-10-6-13-23(25(20)22)35(30,33)34/h4-6,8-13,16,18H,3,7,14-15,17H2,1-2H3,(H,28,32)/t18-/m1/s1. The van der Waals surface area contributed by atoms with Gasteiger partial charge in [0.15, 0.2) is 0 Å². The summed E-state index contributed by atoms with van der Waals surface area (Å²) in [6.45, 7) is 4.48. The molecular weight excluding hydrogens is 530 g/mol. The van der Waals surface area contributed by atoms with E-state index >= 15 is 0 Å². The van der Waals surface area contributed by atoms with Gasteiger partial charge in [-0.15, -0.1) is 0 Å². The SMILES string of the molecule is CCNC(=O)[C@@H](C)N(Cc1cccc(Br)c1)C(=O)CCCN1c2cccc3cccc(c23)S1(=O)=O. The minimum Gasteiger partial charge on any atom is -0.355 e. The highest BCUT2D eigenvalue weighted by Gasteiger charge is 2.35. The number of likely N-dealkylation sites (N-methyl/N-ethyl adjacent to an activating group) is 1. The Kier molecular flexibility index (Phi) is 7.47. The largest absolute Gasteiger partial charge is 0.355 e. The van der Waals surface area contributed by atoms with Crippen LogP contribution < -0.4 is 9.62 Å². The fraction of sp³-hybridized carbons (Fsp3) is 0.308. The van der Waals surface area contributed by atoms with E-state index in [1.54, 1.807) is 30.0 Å². The lowest BCUT2D eigenvalue weighted by molar-refractivity contribution is -0.140. The van der Waals surface area contributed by atoms with Gasteiger partial charge in [-0.25, -0.2) is 8.42 Å². The van der Waals surface area contributed by atoms with Crippen molar-refractivity contribution >= 4 is 54.2 Å². The summed E-state index contributed by atoms with van der Waals surface area (Å²) in [5, 5.41) is 4.38. The monoisotopic (exact) mass is 557 g/mol. The topological polar surface area (TPSA) is 86.8 Å². The van der Waals surface area contributed by atoms with Gasteiger partial charge in [0.25, 0.3) is 10.0 Å². The van der Waals surface area contributed by atoms with Crippen LogP contribution in [0.1, 0.15) is 32.3 Å². The molecule has 0 bridgehead atoms. The van der Waals surface area contributed by atoms with Crippen molar-refractivity contribution in [2.75, 3.05) is 17.4 Å². The number of benzene rings is 3. The Labute approximate surface area is 214 Å². The van der Waals surface area contributed by atoms with Crippen molar-refractivity contribution in [2.45, 2.75) is 44.2 Å². The summed E-state index contributed by atoms with van der Waals surface area (Å²) >= 11 is 3.45. The molecule has 184 valence electrons. The van der Waals surface area contributed by atoms with E-state index in [2.05, 4.69) is 21.2 Å². The molecule has 0 spiro atoms. The van der Waals surface area contributed by atoms with Gasteiger partial charge in [0.05, 0.1) is 10.6 Å². The Balaban J connectivity index is 1.50. The number of rotatable bonds is 9. The summed E-state index contributed by atoms with van der Waals surface area (Å²) in [6.07, 6.45) is 0.454. The number of anilines is 1. The number of halogens is 1. The Morgan fingerprint density at radius 2 is 1.80 bits per heavy atom. The Hall–Kier alpha value is -2.91. The van der Waals surface area contributed by atoms with Crippen LogP contribution in [0.25, 0.3) is 10.8 Å². The molecule has 1 aliphatic heterocycles. The molecule has 0 saturated carbocycles. The summed E-state index contributed by atoms with van der Waals surface area (Å²) in [6, 6.07) is 17.8. The summed E-state index contributed by atoms with van der Waals surface area (Å²) < 4.78 is 28.7. The highest BCUT2D eigenvalue weighted by atomic mass is 79.9. The van der Waals surface area contributed by atoms with Crippen molar-refractivity contribution in [3.8, 4) is 0 Å². The average Bonchev–Trinajstić information content (AvgIpc) is 3.05. The van der Waals surface area contributed by atoms with E-state index in [1.807, 2.05) is 49.4 Å². The number of hydrogen-bond donors (Lipinski definition) is 1. The van der Waals surface area contributed by atoms with Crippen LogP contribution in [-0.2, 0) is 26.2 Å². The van der Waals surface area contributed by atoms with Gasteiger partial charge < -0.3 is 10.2 Å². The molecule has 9 heteroatoms. The van der Waals surface area contributed by atoms with Crippen LogP contribution in [0.15, 0.2) is 70.0 Å². The lowest BCUT2D eigenvalue weighted by atomic mass is 10.1. The zero-order valence-corrected chi connectivity index (χ0v) is 22.1. The second kappa shape index (κ2) is 10.4. The van der Waals surface area contributed by atoms with Crippen LogP contribution in [0.3, 0.4) is 0 Å². The van der Waals surface area contributed by atoms with Crippen LogP contribution in [0.5, 0.6) is 0 Å². The lowest BCUT2D eigenvalue weighted by Gasteiger charge is -2.29. The molecule has 1 atom stereocenters. The third-order valence-electron chi connectivity index (χ3n) is 6.19. The molecule has 1 aliphatic rings. The molecule has 0 fully saturated rings. The van der Waals surface area contributed by atoms with Crippen molar-refractivity contribution in [3.05, 3.63) is 70.7 Å². The maximum Gasteiger partial charge on any atom is 0.265 e. The van der Waals surface area contributed by atoms with E-state index in [-0.39, 0.29) is 31.3 Å². The second-order valence-electron chi connectivity index (χ2n) is 8.53. The normalized spacial score (nSPS) is 14.7. The zero-order valence-electron chi connectivity index (χ0n) is 19.7. The molecule has 4 rings (SSSR count). The van der Waals surface area contributed by atoms with E-state index in [1.165, 1.54) is 4.31 Å². The van der Waals surface area contributed by atoms with Crippen molar-refractivity contribution in [1.29, 1.82) is 0 Å². The molecular formula is C26H28BrN3O4S. The average molecular weight is 558 g/mol. The molecule has 2 amide bonds. The number of hydrogen-bond acceptors (Lipinski definition) is 4. The summed E-state index contributed by atoms with van der Waals surface area (Å²) in [4.78, 5) is 27.7. The first kappa shape index (κ1) is 25.2. The number of carbonyl (C=O) groups is 2. The van der Waals surface area contributed by atoms with Crippen LogP contribution in [0.4, 0.5) is 5.69 Å². The van der Waals surface area contributed by atoms with Gasteiger partial charge in [-0.2, -0.15) is 0 Å². The summed E-state index contributed by atoms with van der Waals surface area (Å²) in [7, 11) is -3.67. The third-order valence-corrected chi connectivity index (χ3v) is 8.54. The third kappa shape index (κ3) is 5.06. The fourth-order valence-electron chi connectivity index (χ4n) is 4.45. The van der Waals surface area contributed by atoms with E-state index in [0.717, 1.165) is 20.8 Å². The van der Waals surface area contributed by atoms with Crippen LogP contribution in [0, 0.1) is 0 Å². The first-order chi connectivity index (χ1) is 16.7. The molecule has 0 saturated heterocycles. The molecule has 1 heterocycles. The van der Waals surface area contributed by atoms with Gasteiger partial charge in [-0.05, 0) is 55.5 Å². The van der Waals surface area contributed by atoms with Crippen LogP contribution in [-0.4, -0.2) is 44.3 Å². The molecule has 1 N–H and O–H groups in total. The molecule has 0 unspecified atom stereocenters. The number of sulfonamides is 1. The molecule has 7 nitrogen and oxygen atoms in total. The predicted octanol–water partition coefficient (Wildman–Crippen LogP) is 4.44. The van der Waals surface area contributed by atoms with E-state index in [4.69, 9.17) is 0 Å². The van der Waals surface area contributed by atoms with Crippen molar-refractivity contribution in [1.82, 2.24) is 10.2 Å². The highest BCUT2D eigenvalue weighted by molar-refractivity contribution is 9.10. The number of nitrogens with one attached hydrogen (secondary N) is 1.